The second kappa shape index (κ2) is 8.27. The Morgan fingerprint density at radius 2 is 2.21 bits per heavy atom. The summed E-state index contributed by atoms with van der Waals surface area (Å²) in [6, 6.07) is 3.73. The largest absolute Gasteiger partial charge is 0.432 e. The summed E-state index contributed by atoms with van der Waals surface area (Å²) in [6.45, 7) is 1.79. The number of aromatic nitrogens is 4. The summed E-state index contributed by atoms with van der Waals surface area (Å²) in [6.07, 6.45) is -2.23. The molecular weight excluding hydrogens is 459 g/mol. The van der Waals surface area contributed by atoms with Gasteiger partial charge in [-0.2, -0.15) is 0 Å². The molecule has 0 fully saturated rings. The van der Waals surface area contributed by atoms with Crippen molar-refractivity contribution in [3.8, 4) is 0 Å². The third kappa shape index (κ3) is 3.59. The number of fused-ring (bicyclic) bond motifs is 2. The van der Waals surface area contributed by atoms with Crippen LogP contribution in [-0.4, -0.2) is 42.4 Å². The summed E-state index contributed by atoms with van der Waals surface area (Å²) in [7, 11) is 0. The van der Waals surface area contributed by atoms with Crippen LogP contribution in [0, 0.1) is 5.82 Å². The number of nitrogens with zero attached hydrogens (tertiary/aromatic N) is 4. The highest BCUT2D eigenvalue weighted by Gasteiger charge is 2.40. The first-order valence-electron chi connectivity index (χ1n) is 10.2. The molecule has 0 spiro atoms. The number of halogens is 3. The van der Waals surface area contributed by atoms with Crippen molar-refractivity contribution in [2.24, 2.45) is 0 Å². The molecule has 12 heteroatoms. The zero-order valence-electron chi connectivity index (χ0n) is 17.3. The van der Waals surface area contributed by atoms with Gasteiger partial charge in [0.25, 0.3) is 12.3 Å². The van der Waals surface area contributed by atoms with Crippen molar-refractivity contribution < 1.29 is 27.5 Å². The van der Waals surface area contributed by atoms with Crippen LogP contribution < -0.4 is 0 Å². The van der Waals surface area contributed by atoms with E-state index in [1.165, 1.54) is 28.6 Å². The average molecular weight is 477 g/mol. The molecule has 3 aromatic heterocycles. The van der Waals surface area contributed by atoms with Crippen LogP contribution in [0.15, 0.2) is 28.9 Å². The van der Waals surface area contributed by atoms with Gasteiger partial charge in [0.15, 0.2) is 5.69 Å². The van der Waals surface area contributed by atoms with E-state index in [1.54, 1.807) is 19.1 Å². The molecule has 2 atom stereocenters. The van der Waals surface area contributed by atoms with Crippen molar-refractivity contribution in [3.05, 3.63) is 64.1 Å². The number of rotatable bonds is 5. The van der Waals surface area contributed by atoms with Crippen molar-refractivity contribution in [3.63, 3.8) is 0 Å². The number of benzene rings is 1. The number of alkyl halides is 2. The van der Waals surface area contributed by atoms with Crippen LogP contribution in [0.1, 0.15) is 70.5 Å². The highest BCUT2D eigenvalue weighted by atomic mass is 32.1. The van der Waals surface area contributed by atoms with E-state index < -0.39 is 41.7 Å². The lowest BCUT2D eigenvalue weighted by Gasteiger charge is -2.33. The smallest absolute Gasteiger partial charge is 0.292 e. The number of aliphatic hydroxyl groups excluding tert-OH is 1. The van der Waals surface area contributed by atoms with E-state index in [-0.39, 0.29) is 24.4 Å². The van der Waals surface area contributed by atoms with E-state index >= 15 is 0 Å². The number of thiazole rings is 1. The third-order valence-electron chi connectivity index (χ3n) is 5.55. The zero-order chi connectivity index (χ0) is 23.3. The number of para-hydroxylation sites is 1. The van der Waals surface area contributed by atoms with Crippen LogP contribution in [-0.2, 0) is 6.42 Å². The Labute approximate surface area is 189 Å². The first-order chi connectivity index (χ1) is 15.9. The predicted octanol–water partition coefficient (Wildman–Crippen LogP) is 4.32. The standard InChI is InChI=1S/C21H18F3N5O3S/c1-2-11(30)19-27-15(18(23)24)17(32-19)21(31)29-7-6-10-14(26-8-25-10)16(29)20-28-13-9(22)4-3-5-12(13)33-20/h3-5,8,11,16,18,30H,2,6-7H2,1H3,(H,25,26)/t11-,16+/m1/s1. The normalized spacial score (nSPS) is 17.0. The minimum atomic E-state index is -3.08. The highest BCUT2D eigenvalue weighted by molar-refractivity contribution is 7.18. The van der Waals surface area contributed by atoms with Gasteiger partial charge >= 0.3 is 0 Å². The molecule has 33 heavy (non-hydrogen) atoms. The quantitative estimate of drug-likeness (QED) is 0.443. The lowest BCUT2D eigenvalue weighted by atomic mass is 10.0. The molecule has 5 rings (SSSR count). The first kappa shape index (κ1) is 21.6. The summed E-state index contributed by atoms with van der Waals surface area (Å²) >= 11 is 1.19. The fourth-order valence-electron chi connectivity index (χ4n) is 3.89. The minimum absolute atomic E-state index is 0.159. The SMILES string of the molecule is CC[C@@H](O)c1nc(C(F)F)c(C(=O)N2CCc3[nH]cnc3[C@H]2c2nc3c(F)cccc3s2)o1. The van der Waals surface area contributed by atoms with Crippen LogP contribution in [0.5, 0.6) is 0 Å². The molecule has 4 aromatic rings. The fraction of sp³-hybridized carbons (Fsp3) is 0.333. The number of nitrogens with one attached hydrogen (secondary N) is 1. The molecule has 0 bridgehead atoms. The van der Waals surface area contributed by atoms with Gasteiger partial charge in [-0.1, -0.05) is 13.0 Å². The van der Waals surface area contributed by atoms with Crippen LogP contribution in [0.3, 0.4) is 0 Å². The van der Waals surface area contributed by atoms with Crippen molar-refractivity contribution in [2.45, 2.75) is 38.3 Å². The number of carbonyl (C=O) groups is 1. The van der Waals surface area contributed by atoms with Gasteiger partial charge in [0, 0.05) is 18.7 Å². The number of aromatic amines is 1. The summed E-state index contributed by atoms with van der Waals surface area (Å²) in [5.41, 5.74) is 0.608. The monoisotopic (exact) mass is 477 g/mol. The zero-order valence-corrected chi connectivity index (χ0v) is 18.1. The Bertz CT molecular complexity index is 1330. The lowest BCUT2D eigenvalue weighted by Crippen LogP contribution is -2.41. The molecule has 4 heterocycles. The van der Waals surface area contributed by atoms with E-state index in [2.05, 4.69) is 19.9 Å². The number of H-pyrrole nitrogens is 1. The van der Waals surface area contributed by atoms with Gasteiger partial charge in [0.1, 0.15) is 28.5 Å². The minimum Gasteiger partial charge on any atom is -0.432 e. The first-order valence-corrected chi connectivity index (χ1v) is 11.1. The molecule has 0 unspecified atom stereocenters. The second-order valence-electron chi connectivity index (χ2n) is 7.55. The number of oxazole rings is 1. The van der Waals surface area contributed by atoms with E-state index in [0.29, 0.717) is 21.8 Å². The molecule has 0 aliphatic carbocycles. The predicted molar refractivity (Wildman–Crippen MR) is 111 cm³/mol. The summed E-state index contributed by atoms with van der Waals surface area (Å²) < 4.78 is 47.6. The number of carbonyl (C=O) groups excluding carboxylic acids is 1. The molecule has 172 valence electrons. The molecule has 1 aliphatic heterocycles. The van der Waals surface area contributed by atoms with Gasteiger partial charge in [-0.15, -0.1) is 11.3 Å². The van der Waals surface area contributed by atoms with Crippen molar-refractivity contribution in [2.75, 3.05) is 6.54 Å². The number of hydrogen-bond donors (Lipinski definition) is 2. The van der Waals surface area contributed by atoms with Gasteiger partial charge < -0.3 is 19.4 Å². The Balaban J connectivity index is 1.61. The molecule has 1 aliphatic rings. The highest BCUT2D eigenvalue weighted by Crippen LogP contribution is 2.39. The summed E-state index contributed by atoms with van der Waals surface area (Å²) in [4.78, 5) is 30.2. The van der Waals surface area contributed by atoms with E-state index in [0.717, 1.165) is 5.69 Å². The molecule has 0 saturated carbocycles. The van der Waals surface area contributed by atoms with Gasteiger partial charge in [0.2, 0.25) is 11.7 Å². The molecule has 1 aromatic carbocycles. The van der Waals surface area contributed by atoms with E-state index in [9.17, 15) is 23.1 Å². The van der Waals surface area contributed by atoms with Gasteiger partial charge in [-0.3, -0.25) is 4.79 Å². The second-order valence-corrected chi connectivity index (χ2v) is 8.61. The molecular formula is C21H18F3N5O3S. The fourth-order valence-corrected chi connectivity index (χ4v) is 4.99. The van der Waals surface area contributed by atoms with Crippen LogP contribution in [0.25, 0.3) is 10.2 Å². The topological polar surface area (TPSA) is 108 Å². The Hall–Kier alpha value is -3.25. The third-order valence-corrected chi connectivity index (χ3v) is 6.62. The Morgan fingerprint density at radius 3 is 2.94 bits per heavy atom. The molecule has 0 radical (unpaired) electrons. The summed E-state index contributed by atoms with van der Waals surface area (Å²) in [5, 5.41) is 10.4. The van der Waals surface area contributed by atoms with Gasteiger partial charge in [-0.25, -0.2) is 28.1 Å². The number of imidazole rings is 1. The maximum atomic E-state index is 14.3. The molecule has 0 saturated heterocycles. The van der Waals surface area contributed by atoms with Crippen LogP contribution in [0.4, 0.5) is 13.2 Å². The lowest BCUT2D eigenvalue weighted by molar-refractivity contribution is 0.0632. The molecule has 1 amide bonds. The maximum absolute atomic E-state index is 14.3. The van der Waals surface area contributed by atoms with Crippen LogP contribution >= 0.6 is 11.3 Å². The van der Waals surface area contributed by atoms with Crippen molar-refractivity contribution in [1.29, 1.82) is 0 Å². The average Bonchev–Trinajstić information content (AvgIpc) is 3.55. The number of amides is 1. The van der Waals surface area contributed by atoms with E-state index in [4.69, 9.17) is 4.42 Å². The van der Waals surface area contributed by atoms with Crippen molar-refractivity contribution >= 4 is 27.5 Å². The Morgan fingerprint density at radius 1 is 1.39 bits per heavy atom. The van der Waals surface area contributed by atoms with Crippen LogP contribution in [0.2, 0.25) is 0 Å². The van der Waals surface area contributed by atoms with Crippen molar-refractivity contribution in [1.82, 2.24) is 24.8 Å². The number of aliphatic hydroxyl groups is 1. The maximum Gasteiger partial charge on any atom is 0.292 e. The molecule has 2 N–H and O–H groups in total. The summed E-state index contributed by atoms with van der Waals surface area (Å²) in [5.74, 6) is -2.30. The van der Waals surface area contributed by atoms with E-state index in [1.807, 2.05) is 0 Å². The van der Waals surface area contributed by atoms with Gasteiger partial charge in [-0.05, 0) is 18.6 Å². The molecule has 8 nitrogen and oxygen atoms in total. The number of hydrogen-bond acceptors (Lipinski definition) is 7. The van der Waals surface area contributed by atoms with Gasteiger partial charge in [0.05, 0.1) is 16.7 Å². The Kier molecular flexibility index (Phi) is 5.41.